The summed E-state index contributed by atoms with van der Waals surface area (Å²) < 4.78 is 0. The van der Waals surface area contributed by atoms with E-state index in [4.69, 9.17) is 0 Å². The summed E-state index contributed by atoms with van der Waals surface area (Å²) in [6, 6.07) is 2.91. The highest BCUT2D eigenvalue weighted by molar-refractivity contribution is 7.07. The Morgan fingerprint density at radius 3 is 2.56 bits per heavy atom. The van der Waals surface area contributed by atoms with E-state index in [1.807, 2.05) is 0 Å². The van der Waals surface area contributed by atoms with Crippen LogP contribution in [0.15, 0.2) is 16.8 Å². The smallest absolute Gasteiger partial charge is 0.0354 e. The SMILES string of the molecule is CC[C@H](c1ccsc1)N1CCNCC1.Cl.Cl. The van der Waals surface area contributed by atoms with E-state index in [2.05, 4.69) is 34.0 Å². The lowest BCUT2D eigenvalue weighted by Crippen LogP contribution is -2.44. The molecule has 0 unspecified atom stereocenters. The van der Waals surface area contributed by atoms with Crippen molar-refractivity contribution in [1.29, 1.82) is 0 Å². The molecule has 1 saturated heterocycles. The van der Waals surface area contributed by atoms with Crippen LogP contribution < -0.4 is 5.32 Å². The second-order valence-corrected chi connectivity index (χ2v) is 4.55. The third-order valence-corrected chi connectivity index (χ3v) is 3.61. The Hall–Kier alpha value is 0.200. The van der Waals surface area contributed by atoms with Gasteiger partial charge in [0.15, 0.2) is 0 Å². The maximum absolute atomic E-state index is 3.40. The minimum absolute atomic E-state index is 0. The predicted octanol–water partition coefficient (Wildman–Crippen LogP) is 2.95. The van der Waals surface area contributed by atoms with Crippen LogP contribution in [0.5, 0.6) is 0 Å². The molecule has 2 rings (SSSR count). The van der Waals surface area contributed by atoms with Gasteiger partial charge in [-0.2, -0.15) is 11.3 Å². The molecule has 1 atom stereocenters. The summed E-state index contributed by atoms with van der Waals surface area (Å²) in [7, 11) is 0. The van der Waals surface area contributed by atoms with E-state index in [1.165, 1.54) is 25.1 Å². The normalized spacial score (nSPS) is 18.3. The molecular formula is C11H20Cl2N2S. The van der Waals surface area contributed by atoms with Gasteiger partial charge >= 0.3 is 0 Å². The van der Waals surface area contributed by atoms with Crippen molar-refractivity contribution in [2.75, 3.05) is 26.2 Å². The minimum atomic E-state index is 0. The van der Waals surface area contributed by atoms with Crippen LogP contribution >= 0.6 is 36.2 Å². The number of thiophene rings is 1. The molecule has 0 bridgehead atoms. The summed E-state index contributed by atoms with van der Waals surface area (Å²) in [5, 5.41) is 7.87. The van der Waals surface area contributed by atoms with Crippen molar-refractivity contribution in [3.63, 3.8) is 0 Å². The van der Waals surface area contributed by atoms with Gasteiger partial charge in [0.05, 0.1) is 0 Å². The molecule has 1 fully saturated rings. The lowest BCUT2D eigenvalue weighted by Gasteiger charge is -2.34. The number of hydrogen-bond acceptors (Lipinski definition) is 3. The molecule has 0 aliphatic carbocycles. The van der Waals surface area contributed by atoms with Crippen molar-refractivity contribution in [3.05, 3.63) is 22.4 Å². The Morgan fingerprint density at radius 2 is 2.06 bits per heavy atom. The quantitative estimate of drug-likeness (QED) is 0.917. The van der Waals surface area contributed by atoms with Crippen molar-refractivity contribution in [1.82, 2.24) is 10.2 Å². The monoisotopic (exact) mass is 282 g/mol. The summed E-state index contributed by atoms with van der Waals surface area (Å²) in [6.45, 7) is 6.94. The molecule has 2 heterocycles. The highest BCUT2D eigenvalue weighted by Crippen LogP contribution is 2.25. The number of rotatable bonds is 3. The average Bonchev–Trinajstić information content (AvgIpc) is 2.74. The van der Waals surface area contributed by atoms with Crippen LogP contribution in [0.3, 0.4) is 0 Å². The third kappa shape index (κ3) is 3.90. The standard InChI is InChI=1S/C11H18N2S.2ClH/c1-2-11(10-3-8-14-9-10)13-6-4-12-5-7-13;;/h3,8-9,11-12H,2,4-7H2,1H3;2*1H/t11-;;/m1../s1. The van der Waals surface area contributed by atoms with E-state index in [9.17, 15) is 0 Å². The molecule has 94 valence electrons. The number of piperazine rings is 1. The Labute approximate surface area is 114 Å². The summed E-state index contributed by atoms with van der Waals surface area (Å²) in [5.41, 5.74) is 1.50. The van der Waals surface area contributed by atoms with Gasteiger partial charge in [0.1, 0.15) is 0 Å². The number of nitrogens with zero attached hydrogens (tertiary/aromatic N) is 1. The summed E-state index contributed by atoms with van der Waals surface area (Å²) in [6.07, 6.45) is 1.22. The fourth-order valence-corrected chi connectivity index (χ4v) is 2.87. The van der Waals surface area contributed by atoms with Gasteiger partial charge in [0.25, 0.3) is 0 Å². The first kappa shape index (κ1) is 16.2. The van der Waals surface area contributed by atoms with Gasteiger partial charge in [-0.3, -0.25) is 4.90 Å². The van der Waals surface area contributed by atoms with Crippen LogP contribution in [0.25, 0.3) is 0 Å². The van der Waals surface area contributed by atoms with E-state index in [-0.39, 0.29) is 24.8 Å². The first-order chi connectivity index (χ1) is 6.92. The maximum Gasteiger partial charge on any atom is 0.0354 e. The van der Waals surface area contributed by atoms with Crippen molar-refractivity contribution in [2.24, 2.45) is 0 Å². The van der Waals surface area contributed by atoms with E-state index < -0.39 is 0 Å². The molecule has 0 saturated carbocycles. The fourth-order valence-electron chi connectivity index (χ4n) is 2.16. The van der Waals surface area contributed by atoms with Gasteiger partial charge in [-0.1, -0.05) is 6.92 Å². The van der Waals surface area contributed by atoms with E-state index in [0.717, 1.165) is 13.1 Å². The molecule has 1 aliphatic heterocycles. The number of nitrogens with one attached hydrogen (secondary N) is 1. The van der Waals surface area contributed by atoms with Crippen LogP contribution in [0.2, 0.25) is 0 Å². The van der Waals surface area contributed by atoms with Gasteiger partial charge < -0.3 is 5.32 Å². The maximum atomic E-state index is 3.40. The Balaban J connectivity index is 0.00000112. The Morgan fingerprint density at radius 1 is 1.38 bits per heavy atom. The minimum Gasteiger partial charge on any atom is -0.314 e. The molecule has 0 aromatic carbocycles. The van der Waals surface area contributed by atoms with Gasteiger partial charge in [-0.15, -0.1) is 24.8 Å². The zero-order chi connectivity index (χ0) is 9.80. The van der Waals surface area contributed by atoms with Gasteiger partial charge in [0, 0.05) is 32.2 Å². The number of halogens is 2. The van der Waals surface area contributed by atoms with Crippen LogP contribution in [0.4, 0.5) is 0 Å². The molecule has 0 radical (unpaired) electrons. The molecule has 0 spiro atoms. The molecular weight excluding hydrogens is 263 g/mol. The van der Waals surface area contributed by atoms with E-state index in [0.29, 0.717) is 6.04 Å². The van der Waals surface area contributed by atoms with Crippen molar-refractivity contribution >= 4 is 36.2 Å². The van der Waals surface area contributed by atoms with Crippen LogP contribution in [-0.2, 0) is 0 Å². The fraction of sp³-hybridized carbons (Fsp3) is 0.636. The number of hydrogen-bond donors (Lipinski definition) is 1. The molecule has 16 heavy (non-hydrogen) atoms. The molecule has 1 aromatic heterocycles. The first-order valence-corrected chi connectivity index (χ1v) is 6.33. The highest BCUT2D eigenvalue weighted by Gasteiger charge is 2.20. The molecule has 0 amide bonds. The molecule has 1 aromatic rings. The topological polar surface area (TPSA) is 15.3 Å². The molecule has 1 aliphatic rings. The Bertz CT molecular complexity index is 261. The van der Waals surface area contributed by atoms with Crippen LogP contribution in [0.1, 0.15) is 24.9 Å². The highest BCUT2D eigenvalue weighted by atomic mass is 35.5. The van der Waals surface area contributed by atoms with E-state index in [1.54, 1.807) is 11.3 Å². The Kier molecular flexibility index (Phi) is 8.42. The molecule has 1 N–H and O–H groups in total. The van der Waals surface area contributed by atoms with Gasteiger partial charge in [-0.05, 0) is 28.8 Å². The average molecular weight is 283 g/mol. The van der Waals surface area contributed by atoms with Gasteiger partial charge in [0.2, 0.25) is 0 Å². The lowest BCUT2D eigenvalue weighted by molar-refractivity contribution is 0.170. The van der Waals surface area contributed by atoms with E-state index >= 15 is 0 Å². The largest absolute Gasteiger partial charge is 0.314 e. The van der Waals surface area contributed by atoms with Crippen molar-refractivity contribution < 1.29 is 0 Å². The summed E-state index contributed by atoms with van der Waals surface area (Å²) in [5.74, 6) is 0. The summed E-state index contributed by atoms with van der Waals surface area (Å²) in [4.78, 5) is 2.60. The lowest BCUT2D eigenvalue weighted by atomic mass is 10.1. The molecule has 2 nitrogen and oxygen atoms in total. The van der Waals surface area contributed by atoms with Gasteiger partial charge in [-0.25, -0.2) is 0 Å². The van der Waals surface area contributed by atoms with Crippen LogP contribution in [-0.4, -0.2) is 31.1 Å². The zero-order valence-corrected chi connectivity index (χ0v) is 12.0. The third-order valence-electron chi connectivity index (χ3n) is 2.91. The first-order valence-electron chi connectivity index (χ1n) is 5.38. The van der Waals surface area contributed by atoms with Crippen LogP contribution in [0, 0.1) is 0 Å². The second kappa shape index (κ2) is 8.31. The van der Waals surface area contributed by atoms with Crippen molar-refractivity contribution in [3.8, 4) is 0 Å². The zero-order valence-electron chi connectivity index (χ0n) is 9.52. The predicted molar refractivity (Wildman–Crippen MR) is 76.3 cm³/mol. The second-order valence-electron chi connectivity index (χ2n) is 3.77. The summed E-state index contributed by atoms with van der Waals surface area (Å²) >= 11 is 1.80. The van der Waals surface area contributed by atoms with Crippen molar-refractivity contribution in [2.45, 2.75) is 19.4 Å². The molecule has 5 heteroatoms.